The average Bonchev–Trinajstić information content (AvgIpc) is 2.73. The smallest absolute Gasteiger partial charge is 0.223 e. The lowest BCUT2D eigenvalue weighted by atomic mass is 9.72. The second-order valence-electron chi connectivity index (χ2n) is 5.76. The summed E-state index contributed by atoms with van der Waals surface area (Å²) in [4.78, 5) is 16.0. The zero-order valence-corrected chi connectivity index (χ0v) is 10.7. The molecule has 5 heteroatoms. The Labute approximate surface area is 112 Å². The van der Waals surface area contributed by atoms with Gasteiger partial charge in [-0.2, -0.15) is 0 Å². The number of aromatic nitrogens is 1. The standard InChI is InChI=1S/C14H19N3O2/c15-13-4-9-2-10(3-12(9)13)14(19)17-6-8-1-11(18)7-16-5-8/h1,5,7,9-10,12-13,18H,2-4,6,15H2,(H,17,19). The van der Waals surface area contributed by atoms with Gasteiger partial charge in [-0.15, -0.1) is 0 Å². The Morgan fingerprint density at radius 2 is 2.26 bits per heavy atom. The number of pyridine rings is 1. The summed E-state index contributed by atoms with van der Waals surface area (Å²) in [6.45, 7) is 0.415. The van der Waals surface area contributed by atoms with Crippen LogP contribution >= 0.6 is 0 Å². The minimum absolute atomic E-state index is 0.102. The molecule has 1 aromatic heterocycles. The fraction of sp³-hybridized carbons (Fsp3) is 0.571. The van der Waals surface area contributed by atoms with Gasteiger partial charge in [-0.1, -0.05) is 0 Å². The van der Waals surface area contributed by atoms with E-state index in [-0.39, 0.29) is 17.6 Å². The molecule has 1 amide bonds. The minimum atomic E-state index is 0.102. The van der Waals surface area contributed by atoms with Gasteiger partial charge in [-0.3, -0.25) is 9.78 Å². The third-order valence-corrected chi connectivity index (χ3v) is 4.49. The van der Waals surface area contributed by atoms with Gasteiger partial charge in [-0.05, 0) is 42.7 Å². The van der Waals surface area contributed by atoms with Gasteiger partial charge >= 0.3 is 0 Å². The predicted molar refractivity (Wildman–Crippen MR) is 70.0 cm³/mol. The summed E-state index contributed by atoms with van der Waals surface area (Å²) >= 11 is 0. The molecule has 5 nitrogen and oxygen atoms in total. The van der Waals surface area contributed by atoms with Crippen LogP contribution in [-0.2, 0) is 11.3 Å². The number of amides is 1. The van der Waals surface area contributed by atoms with E-state index >= 15 is 0 Å². The summed E-state index contributed by atoms with van der Waals surface area (Å²) in [6, 6.07) is 1.92. The van der Waals surface area contributed by atoms with Gasteiger partial charge in [0.05, 0.1) is 6.20 Å². The van der Waals surface area contributed by atoms with E-state index in [2.05, 4.69) is 10.3 Å². The Hall–Kier alpha value is -1.62. The van der Waals surface area contributed by atoms with Gasteiger partial charge in [0, 0.05) is 24.7 Å². The third-order valence-electron chi connectivity index (χ3n) is 4.49. The predicted octanol–water partition coefficient (Wildman–Crippen LogP) is 0.777. The van der Waals surface area contributed by atoms with Crippen LogP contribution < -0.4 is 11.1 Å². The Bertz CT molecular complexity index is 491. The lowest BCUT2D eigenvalue weighted by Gasteiger charge is -2.37. The van der Waals surface area contributed by atoms with Crippen LogP contribution in [0.3, 0.4) is 0 Å². The largest absolute Gasteiger partial charge is 0.506 e. The van der Waals surface area contributed by atoms with E-state index in [0.29, 0.717) is 24.4 Å². The van der Waals surface area contributed by atoms with E-state index in [4.69, 9.17) is 5.73 Å². The van der Waals surface area contributed by atoms with E-state index in [0.717, 1.165) is 24.8 Å². The van der Waals surface area contributed by atoms with Gasteiger partial charge < -0.3 is 16.2 Å². The van der Waals surface area contributed by atoms with Crippen molar-refractivity contribution < 1.29 is 9.90 Å². The van der Waals surface area contributed by atoms with Crippen molar-refractivity contribution >= 4 is 5.91 Å². The molecule has 1 heterocycles. The number of hydrogen-bond donors (Lipinski definition) is 3. The third kappa shape index (κ3) is 2.42. The molecule has 0 saturated heterocycles. The Morgan fingerprint density at radius 1 is 1.42 bits per heavy atom. The average molecular weight is 261 g/mol. The lowest BCUT2D eigenvalue weighted by Crippen LogP contribution is -2.44. The second kappa shape index (κ2) is 4.81. The summed E-state index contributed by atoms with van der Waals surface area (Å²) in [5.41, 5.74) is 6.75. The monoisotopic (exact) mass is 261 g/mol. The maximum atomic E-state index is 12.1. The number of fused-ring (bicyclic) bond motifs is 1. The highest BCUT2D eigenvalue weighted by atomic mass is 16.3. The molecule has 0 spiro atoms. The zero-order chi connectivity index (χ0) is 13.4. The van der Waals surface area contributed by atoms with Crippen molar-refractivity contribution in [3.8, 4) is 5.75 Å². The van der Waals surface area contributed by atoms with Crippen molar-refractivity contribution in [3.63, 3.8) is 0 Å². The van der Waals surface area contributed by atoms with Gasteiger partial charge in [0.15, 0.2) is 0 Å². The van der Waals surface area contributed by atoms with E-state index < -0.39 is 0 Å². The molecule has 4 unspecified atom stereocenters. The molecule has 4 atom stereocenters. The van der Waals surface area contributed by atoms with E-state index in [1.807, 2.05) is 0 Å². The maximum absolute atomic E-state index is 12.1. The summed E-state index contributed by atoms with van der Waals surface area (Å²) in [5.74, 6) is 1.54. The Morgan fingerprint density at radius 3 is 2.95 bits per heavy atom. The highest BCUT2D eigenvalue weighted by Crippen LogP contribution is 2.48. The maximum Gasteiger partial charge on any atom is 0.223 e. The molecule has 2 saturated carbocycles. The van der Waals surface area contributed by atoms with Gasteiger partial charge in [0.2, 0.25) is 5.91 Å². The number of hydrogen-bond acceptors (Lipinski definition) is 4. The molecular formula is C14H19N3O2. The van der Waals surface area contributed by atoms with Crippen molar-refractivity contribution in [1.82, 2.24) is 10.3 Å². The highest BCUT2D eigenvalue weighted by Gasteiger charge is 2.47. The van der Waals surface area contributed by atoms with E-state index in [9.17, 15) is 9.90 Å². The summed E-state index contributed by atoms with van der Waals surface area (Å²) in [6.07, 6.45) is 6.00. The van der Waals surface area contributed by atoms with Crippen LogP contribution in [-0.4, -0.2) is 22.0 Å². The number of nitrogens with zero attached hydrogens (tertiary/aromatic N) is 1. The first-order valence-electron chi connectivity index (χ1n) is 6.79. The first kappa shape index (κ1) is 12.4. The molecule has 2 aliphatic carbocycles. The molecule has 4 N–H and O–H groups in total. The van der Waals surface area contributed by atoms with Crippen LogP contribution in [0.2, 0.25) is 0 Å². The second-order valence-corrected chi connectivity index (χ2v) is 5.76. The van der Waals surface area contributed by atoms with Crippen molar-refractivity contribution in [2.45, 2.75) is 31.8 Å². The molecule has 2 aliphatic rings. The topological polar surface area (TPSA) is 88.2 Å². The molecule has 1 aromatic rings. The number of carbonyl (C=O) groups is 1. The first-order valence-corrected chi connectivity index (χ1v) is 6.79. The molecule has 19 heavy (non-hydrogen) atoms. The summed E-state index contributed by atoms with van der Waals surface area (Å²) in [7, 11) is 0. The highest BCUT2D eigenvalue weighted by molar-refractivity contribution is 5.79. The van der Waals surface area contributed by atoms with E-state index in [1.54, 1.807) is 12.3 Å². The molecule has 102 valence electrons. The normalized spacial score (nSPS) is 32.5. The number of rotatable bonds is 3. The van der Waals surface area contributed by atoms with Crippen molar-refractivity contribution in [2.24, 2.45) is 23.5 Å². The fourth-order valence-corrected chi connectivity index (χ4v) is 3.40. The van der Waals surface area contributed by atoms with Crippen molar-refractivity contribution in [2.75, 3.05) is 0 Å². The number of nitrogens with one attached hydrogen (secondary N) is 1. The molecule has 0 aliphatic heterocycles. The van der Waals surface area contributed by atoms with Crippen molar-refractivity contribution in [1.29, 1.82) is 0 Å². The van der Waals surface area contributed by atoms with Crippen LogP contribution in [0.25, 0.3) is 0 Å². The van der Waals surface area contributed by atoms with Crippen LogP contribution in [0, 0.1) is 17.8 Å². The molecule has 3 rings (SSSR count). The van der Waals surface area contributed by atoms with Gasteiger partial charge in [0.25, 0.3) is 0 Å². The number of carbonyl (C=O) groups excluding carboxylic acids is 1. The molecular weight excluding hydrogens is 242 g/mol. The molecule has 2 fully saturated rings. The SMILES string of the molecule is NC1CC2CC(C(=O)NCc3cncc(O)c3)CC12. The van der Waals surface area contributed by atoms with Crippen LogP contribution in [0.1, 0.15) is 24.8 Å². The minimum Gasteiger partial charge on any atom is -0.506 e. The fourth-order valence-electron chi connectivity index (χ4n) is 3.40. The van der Waals surface area contributed by atoms with Gasteiger partial charge in [0.1, 0.15) is 5.75 Å². The summed E-state index contributed by atoms with van der Waals surface area (Å²) in [5, 5.41) is 12.2. The molecule has 0 radical (unpaired) electrons. The van der Waals surface area contributed by atoms with Crippen LogP contribution in [0.4, 0.5) is 0 Å². The first-order chi connectivity index (χ1) is 9.13. The van der Waals surface area contributed by atoms with Crippen LogP contribution in [0.5, 0.6) is 5.75 Å². The van der Waals surface area contributed by atoms with E-state index in [1.165, 1.54) is 6.20 Å². The lowest BCUT2D eigenvalue weighted by molar-refractivity contribution is -0.125. The Balaban J connectivity index is 1.52. The Kier molecular flexibility index (Phi) is 3.14. The molecule has 0 bridgehead atoms. The number of nitrogens with two attached hydrogens (primary N) is 1. The zero-order valence-electron chi connectivity index (χ0n) is 10.7. The van der Waals surface area contributed by atoms with Crippen LogP contribution in [0.15, 0.2) is 18.5 Å². The molecule has 0 aromatic carbocycles. The van der Waals surface area contributed by atoms with Crippen molar-refractivity contribution in [3.05, 3.63) is 24.0 Å². The van der Waals surface area contributed by atoms with Gasteiger partial charge in [-0.25, -0.2) is 0 Å². The number of aromatic hydroxyl groups is 1. The summed E-state index contributed by atoms with van der Waals surface area (Å²) < 4.78 is 0. The quantitative estimate of drug-likeness (QED) is 0.750.